The molecule has 0 heterocycles. The predicted molar refractivity (Wildman–Crippen MR) is 70.7 cm³/mol. The second-order valence-corrected chi connectivity index (χ2v) is 6.27. The lowest BCUT2D eigenvalue weighted by Crippen LogP contribution is -2.28. The number of halogens is 3. The van der Waals surface area contributed by atoms with Crippen molar-refractivity contribution in [3.8, 4) is 5.75 Å². The van der Waals surface area contributed by atoms with Crippen LogP contribution in [0.3, 0.4) is 0 Å². The van der Waals surface area contributed by atoms with Gasteiger partial charge < -0.3 is 4.74 Å². The molecule has 4 heteroatoms. The van der Waals surface area contributed by atoms with E-state index in [-0.39, 0.29) is 11.9 Å². The molecule has 1 saturated carbocycles. The Balaban J connectivity index is 2.14. The average molecular weight is 319 g/mol. The van der Waals surface area contributed by atoms with E-state index < -0.39 is 11.6 Å². The van der Waals surface area contributed by atoms with E-state index in [1.54, 1.807) is 0 Å². The van der Waals surface area contributed by atoms with Crippen LogP contribution in [0.5, 0.6) is 5.75 Å². The Hall–Kier alpha value is -0.640. The van der Waals surface area contributed by atoms with E-state index in [1.807, 2.05) is 0 Å². The lowest BCUT2D eigenvalue weighted by atomic mass is 9.82. The van der Waals surface area contributed by atoms with Gasteiger partial charge in [0, 0.05) is 4.47 Å². The Bertz CT molecular complexity index is 426. The van der Waals surface area contributed by atoms with E-state index in [0.717, 1.165) is 18.9 Å². The normalized spacial score (nSPS) is 28.2. The maximum Gasteiger partial charge on any atom is 0.200 e. The molecule has 0 spiro atoms. The van der Waals surface area contributed by atoms with Crippen molar-refractivity contribution in [2.75, 3.05) is 0 Å². The first-order valence-corrected chi connectivity index (χ1v) is 7.06. The van der Waals surface area contributed by atoms with Gasteiger partial charge in [-0.3, -0.25) is 0 Å². The van der Waals surface area contributed by atoms with E-state index in [1.165, 1.54) is 12.5 Å². The highest BCUT2D eigenvalue weighted by Crippen LogP contribution is 2.33. The van der Waals surface area contributed by atoms with Crippen molar-refractivity contribution >= 4 is 15.9 Å². The minimum Gasteiger partial charge on any atom is -0.487 e. The number of benzene rings is 1. The van der Waals surface area contributed by atoms with Gasteiger partial charge in [-0.2, -0.15) is 4.39 Å². The molecule has 1 nitrogen and oxygen atoms in total. The summed E-state index contributed by atoms with van der Waals surface area (Å²) in [5.41, 5.74) is 0. The molecule has 0 N–H and O–H groups in total. The first-order valence-electron chi connectivity index (χ1n) is 6.27. The van der Waals surface area contributed by atoms with Gasteiger partial charge in [-0.1, -0.05) is 29.8 Å². The number of hydrogen-bond acceptors (Lipinski definition) is 1. The zero-order chi connectivity index (χ0) is 13.3. The van der Waals surface area contributed by atoms with E-state index in [0.29, 0.717) is 16.3 Å². The predicted octanol–water partition coefficient (Wildman–Crippen LogP) is 4.93. The molecule has 0 amide bonds. The third-order valence-electron chi connectivity index (χ3n) is 3.39. The van der Waals surface area contributed by atoms with Crippen molar-refractivity contribution in [3.63, 3.8) is 0 Å². The van der Waals surface area contributed by atoms with E-state index in [4.69, 9.17) is 4.74 Å². The molecule has 100 valence electrons. The van der Waals surface area contributed by atoms with Crippen molar-refractivity contribution in [3.05, 3.63) is 28.2 Å². The molecule has 18 heavy (non-hydrogen) atoms. The fourth-order valence-corrected chi connectivity index (χ4v) is 3.18. The summed E-state index contributed by atoms with van der Waals surface area (Å²) in [6.45, 7) is 4.34. The SMILES string of the molecule is CC1CC(C)CC(Oc2cc(Br)cc(F)c2F)C1. The summed E-state index contributed by atoms with van der Waals surface area (Å²) in [6.07, 6.45) is 2.96. The second-order valence-electron chi connectivity index (χ2n) is 5.36. The monoisotopic (exact) mass is 318 g/mol. The van der Waals surface area contributed by atoms with Crippen LogP contribution in [-0.4, -0.2) is 6.10 Å². The van der Waals surface area contributed by atoms with Gasteiger partial charge in [0.15, 0.2) is 11.6 Å². The summed E-state index contributed by atoms with van der Waals surface area (Å²) < 4.78 is 33.0. The Morgan fingerprint density at radius 3 is 2.33 bits per heavy atom. The van der Waals surface area contributed by atoms with Crippen molar-refractivity contribution in [2.45, 2.75) is 39.2 Å². The standard InChI is InChI=1S/C14H17BrF2O/c1-8-3-9(2)5-11(4-8)18-13-7-10(15)6-12(16)14(13)17/h6-9,11H,3-5H2,1-2H3. The van der Waals surface area contributed by atoms with Gasteiger partial charge in [-0.15, -0.1) is 0 Å². The van der Waals surface area contributed by atoms with Crippen LogP contribution in [0.1, 0.15) is 33.1 Å². The molecule has 1 fully saturated rings. The molecule has 2 atom stereocenters. The molecule has 2 rings (SSSR count). The van der Waals surface area contributed by atoms with Crippen LogP contribution in [0.15, 0.2) is 16.6 Å². The van der Waals surface area contributed by atoms with E-state index in [9.17, 15) is 8.78 Å². The maximum absolute atomic E-state index is 13.6. The molecule has 0 saturated heterocycles. The molecule has 0 radical (unpaired) electrons. The highest BCUT2D eigenvalue weighted by Gasteiger charge is 2.26. The van der Waals surface area contributed by atoms with Crippen LogP contribution in [0.2, 0.25) is 0 Å². The van der Waals surface area contributed by atoms with Gasteiger partial charge in [0.2, 0.25) is 5.82 Å². The smallest absolute Gasteiger partial charge is 0.200 e. The highest BCUT2D eigenvalue weighted by atomic mass is 79.9. The van der Waals surface area contributed by atoms with Crippen LogP contribution in [-0.2, 0) is 0 Å². The minimum absolute atomic E-state index is 0.00757. The molecule has 1 aromatic rings. The molecule has 1 aromatic carbocycles. The Kier molecular flexibility index (Phi) is 4.25. The largest absolute Gasteiger partial charge is 0.487 e. The zero-order valence-corrected chi connectivity index (χ0v) is 12.1. The molecule has 2 unspecified atom stereocenters. The molecular formula is C14H17BrF2O. The lowest BCUT2D eigenvalue weighted by Gasteiger charge is -2.31. The van der Waals surface area contributed by atoms with Crippen LogP contribution < -0.4 is 4.74 Å². The fourth-order valence-electron chi connectivity index (χ4n) is 2.77. The second kappa shape index (κ2) is 5.55. The molecule has 1 aliphatic rings. The highest BCUT2D eigenvalue weighted by molar-refractivity contribution is 9.10. The summed E-state index contributed by atoms with van der Waals surface area (Å²) >= 11 is 3.15. The Morgan fingerprint density at radius 1 is 1.11 bits per heavy atom. The zero-order valence-electron chi connectivity index (χ0n) is 10.6. The van der Waals surface area contributed by atoms with Crippen LogP contribution in [0.4, 0.5) is 8.78 Å². The van der Waals surface area contributed by atoms with Crippen molar-refractivity contribution in [1.82, 2.24) is 0 Å². The lowest BCUT2D eigenvalue weighted by molar-refractivity contribution is 0.0962. The molecule has 0 aliphatic heterocycles. The summed E-state index contributed by atoms with van der Waals surface area (Å²) in [5, 5.41) is 0. The fraction of sp³-hybridized carbons (Fsp3) is 0.571. The topological polar surface area (TPSA) is 9.23 Å². The number of ether oxygens (including phenoxy) is 1. The third-order valence-corrected chi connectivity index (χ3v) is 3.85. The summed E-state index contributed by atoms with van der Waals surface area (Å²) in [4.78, 5) is 0. The van der Waals surface area contributed by atoms with Gasteiger partial charge in [-0.05, 0) is 43.2 Å². The van der Waals surface area contributed by atoms with Gasteiger partial charge in [0.1, 0.15) is 0 Å². The van der Waals surface area contributed by atoms with Crippen LogP contribution >= 0.6 is 15.9 Å². The van der Waals surface area contributed by atoms with Crippen LogP contribution in [0, 0.1) is 23.5 Å². The summed E-state index contributed by atoms with van der Waals surface area (Å²) in [5.74, 6) is -0.633. The van der Waals surface area contributed by atoms with E-state index in [2.05, 4.69) is 29.8 Å². The first-order chi connectivity index (χ1) is 8.45. The molecule has 0 bridgehead atoms. The van der Waals surface area contributed by atoms with Crippen LogP contribution in [0.25, 0.3) is 0 Å². The Morgan fingerprint density at radius 2 is 1.72 bits per heavy atom. The number of hydrogen-bond donors (Lipinski definition) is 0. The van der Waals surface area contributed by atoms with Crippen molar-refractivity contribution < 1.29 is 13.5 Å². The third kappa shape index (κ3) is 3.22. The van der Waals surface area contributed by atoms with E-state index >= 15 is 0 Å². The van der Waals surface area contributed by atoms with Gasteiger partial charge in [0.25, 0.3) is 0 Å². The van der Waals surface area contributed by atoms with Crippen molar-refractivity contribution in [1.29, 1.82) is 0 Å². The van der Waals surface area contributed by atoms with Gasteiger partial charge >= 0.3 is 0 Å². The number of rotatable bonds is 2. The van der Waals surface area contributed by atoms with Crippen molar-refractivity contribution in [2.24, 2.45) is 11.8 Å². The Labute approximate surface area is 115 Å². The minimum atomic E-state index is -0.899. The van der Waals surface area contributed by atoms with Gasteiger partial charge in [-0.25, -0.2) is 4.39 Å². The summed E-state index contributed by atoms with van der Waals surface area (Å²) in [6, 6.07) is 2.59. The molecule has 0 aromatic heterocycles. The average Bonchev–Trinajstić information content (AvgIpc) is 2.23. The maximum atomic E-state index is 13.6. The quantitative estimate of drug-likeness (QED) is 0.702. The summed E-state index contributed by atoms with van der Waals surface area (Å²) in [7, 11) is 0. The molecule has 1 aliphatic carbocycles. The first kappa shape index (κ1) is 13.8. The molecular weight excluding hydrogens is 302 g/mol. The van der Waals surface area contributed by atoms with Gasteiger partial charge in [0.05, 0.1) is 6.10 Å².